The first-order valence-electron chi connectivity index (χ1n) is 8.89. The predicted octanol–water partition coefficient (Wildman–Crippen LogP) is 2.92. The highest BCUT2D eigenvalue weighted by Gasteiger charge is 2.51. The Balaban J connectivity index is 1.49. The molecule has 4 heterocycles. The second kappa shape index (κ2) is 5.72. The predicted molar refractivity (Wildman–Crippen MR) is 97.4 cm³/mol. The monoisotopic (exact) mass is 376 g/mol. The van der Waals surface area contributed by atoms with Crippen LogP contribution >= 0.6 is 11.6 Å². The lowest BCUT2D eigenvalue weighted by molar-refractivity contribution is -0.176. The molecule has 0 radical (unpaired) electrons. The molecule has 2 fully saturated rings. The van der Waals surface area contributed by atoms with Gasteiger partial charge in [0.2, 0.25) is 5.95 Å². The van der Waals surface area contributed by atoms with Crippen LogP contribution in [0.5, 0.6) is 5.88 Å². The number of anilines is 3. The van der Waals surface area contributed by atoms with Crippen molar-refractivity contribution >= 4 is 29.1 Å². The van der Waals surface area contributed by atoms with Crippen LogP contribution < -0.4 is 15.4 Å². The first kappa shape index (κ1) is 16.1. The Morgan fingerprint density at radius 2 is 2.15 bits per heavy atom. The Morgan fingerprint density at radius 3 is 2.88 bits per heavy atom. The van der Waals surface area contributed by atoms with Crippen LogP contribution in [0.15, 0.2) is 6.20 Å². The first-order chi connectivity index (χ1) is 12.5. The number of ether oxygens (including phenoxy) is 2. The summed E-state index contributed by atoms with van der Waals surface area (Å²) in [5.41, 5.74) is 2.23. The fraction of sp³-hybridized carbons (Fsp3) is 0.588. The van der Waals surface area contributed by atoms with E-state index in [-0.39, 0.29) is 6.04 Å². The van der Waals surface area contributed by atoms with Gasteiger partial charge in [-0.2, -0.15) is 4.98 Å². The maximum absolute atomic E-state index is 6.18. The van der Waals surface area contributed by atoms with Crippen molar-refractivity contribution in [3.63, 3.8) is 0 Å². The zero-order valence-electron chi connectivity index (χ0n) is 14.8. The van der Waals surface area contributed by atoms with Crippen molar-refractivity contribution in [1.29, 1.82) is 0 Å². The van der Waals surface area contributed by atoms with Gasteiger partial charge in [0.1, 0.15) is 17.3 Å². The normalized spacial score (nSPS) is 23.7. The summed E-state index contributed by atoms with van der Waals surface area (Å²) in [5, 5.41) is 11.7. The topological polar surface area (TPSA) is 86.1 Å². The summed E-state index contributed by atoms with van der Waals surface area (Å²) in [6.45, 7) is 6.28. The van der Waals surface area contributed by atoms with Gasteiger partial charge in [-0.25, -0.2) is 4.98 Å². The average molecular weight is 377 g/mol. The summed E-state index contributed by atoms with van der Waals surface area (Å²) in [7, 11) is 0. The third kappa shape index (κ3) is 2.51. The summed E-state index contributed by atoms with van der Waals surface area (Å²) in [6, 6.07) is 0.421. The van der Waals surface area contributed by atoms with Crippen LogP contribution in [0.2, 0.25) is 5.02 Å². The van der Waals surface area contributed by atoms with Gasteiger partial charge in [-0.15, -0.1) is 5.10 Å². The maximum Gasteiger partial charge on any atom is 0.257 e. The average Bonchev–Trinajstić information content (AvgIpc) is 2.83. The molecular weight excluding hydrogens is 356 g/mol. The van der Waals surface area contributed by atoms with Crippen LogP contribution in [0.1, 0.15) is 31.5 Å². The van der Waals surface area contributed by atoms with Crippen LogP contribution in [-0.2, 0) is 4.74 Å². The molecule has 2 aromatic rings. The van der Waals surface area contributed by atoms with Gasteiger partial charge in [-0.3, -0.25) is 4.68 Å². The highest BCUT2D eigenvalue weighted by Crippen LogP contribution is 2.54. The summed E-state index contributed by atoms with van der Waals surface area (Å²) in [6.07, 6.45) is 3.81. The lowest BCUT2D eigenvalue weighted by atomic mass is 9.64. The van der Waals surface area contributed by atoms with Gasteiger partial charge in [0.15, 0.2) is 5.82 Å². The van der Waals surface area contributed by atoms with E-state index in [1.165, 1.54) is 0 Å². The highest BCUT2D eigenvalue weighted by molar-refractivity contribution is 6.32. The van der Waals surface area contributed by atoms with E-state index in [4.69, 9.17) is 26.2 Å². The van der Waals surface area contributed by atoms with Gasteiger partial charge < -0.3 is 20.1 Å². The van der Waals surface area contributed by atoms with E-state index in [9.17, 15) is 0 Å². The number of nitrogens with one attached hydrogen (secondary N) is 2. The van der Waals surface area contributed by atoms with Crippen LogP contribution in [0.25, 0.3) is 0 Å². The van der Waals surface area contributed by atoms with E-state index < -0.39 is 0 Å². The summed E-state index contributed by atoms with van der Waals surface area (Å²) < 4.78 is 13.5. The van der Waals surface area contributed by atoms with Gasteiger partial charge >= 0.3 is 0 Å². The van der Waals surface area contributed by atoms with Gasteiger partial charge in [0.05, 0.1) is 37.2 Å². The molecule has 3 aliphatic rings. The van der Waals surface area contributed by atoms with Gasteiger partial charge in [-0.1, -0.05) is 11.6 Å². The fourth-order valence-corrected chi connectivity index (χ4v) is 4.10. The van der Waals surface area contributed by atoms with Crippen LogP contribution in [0, 0.1) is 12.3 Å². The van der Waals surface area contributed by atoms with Gasteiger partial charge in [-0.05, 0) is 26.7 Å². The Hall–Kier alpha value is -2.06. The first-order valence-corrected chi connectivity index (χ1v) is 9.27. The maximum atomic E-state index is 6.18. The molecule has 1 saturated heterocycles. The molecule has 1 atom stereocenters. The Kier molecular flexibility index (Phi) is 3.55. The Labute approximate surface area is 156 Å². The van der Waals surface area contributed by atoms with E-state index >= 15 is 0 Å². The number of nitrogens with zero attached hydrogens (tertiary/aromatic N) is 4. The quantitative estimate of drug-likeness (QED) is 0.791. The second-order valence-electron chi connectivity index (χ2n) is 7.64. The molecule has 1 saturated carbocycles. The molecule has 0 amide bonds. The fourth-order valence-electron chi connectivity index (χ4n) is 3.95. The number of halogens is 1. The van der Waals surface area contributed by atoms with E-state index in [1.54, 1.807) is 6.20 Å². The van der Waals surface area contributed by atoms with Crippen molar-refractivity contribution in [3.8, 4) is 5.88 Å². The zero-order chi connectivity index (χ0) is 17.9. The van der Waals surface area contributed by atoms with E-state index in [0.717, 1.165) is 37.4 Å². The van der Waals surface area contributed by atoms with Crippen molar-refractivity contribution in [3.05, 3.63) is 16.9 Å². The van der Waals surface area contributed by atoms with E-state index in [2.05, 4.69) is 32.2 Å². The number of hydrogen-bond acceptors (Lipinski definition) is 7. The molecule has 5 rings (SSSR count). The number of rotatable bonds is 1. The van der Waals surface area contributed by atoms with Crippen molar-refractivity contribution in [2.75, 3.05) is 30.5 Å². The van der Waals surface area contributed by atoms with Crippen LogP contribution in [0.4, 0.5) is 17.5 Å². The number of aromatic nitrogens is 4. The molecule has 2 N–H and O–H groups in total. The van der Waals surface area contributed by atoms with Crippen molar-refractivity contribution in [2.24, 2.45) is 5.41 Å². The molecule has 0 aromatic carbocycles. The molecule has 26 heavy (non-hydrogen) atoms. The third-order valence-corrected chi connectivity index (χ3v) is 5.73. The SMILES string of the molecule is Cc1c2c(nn1C1CC3(COC3)C1)OC[C@@H](C)Nc1nc(ncc1Cl)N2. The lowest BCUT2D eigenvalue weighted by Gasteiger charge is -2.53. The van der Waals surface area contributed by atoms with Crippen LogP contribution in [0.3, 0.4) is 0 Å². The second-order valence-corrected chi connectivity index (χ2v) is 8.04. The minimum absolute atomic E-state index is 0.0331. The molecule has 1 spiro atoms. The largest absolute Gasteiger partial charge is 0.473 e. The van der Waals surface area contributed by atoms with E-state index in [1.807, 2.05) is 6.92 Å². The van der Waals surface area contributed by atoms with Crippen molar-refractivity contribution in [2.45, 2.75) is 38.8 Å². The van der Waals surface area contributed by atoms with E-state index in [0.29, 0.717) is 40.7 Å². The minimum Gasteiger partial charge on any atom is -0.473 e. The molecule has 8 nitrogen and oxygen atoms in total. The molecule has 2 bridgehead atoms. The third-order valence-electron chi connectivity index (χ3n) is 5.45. The molecular formula is C17H21ClN6O2. The Bertz CT molecular complexity index is 857. The number of hydrogen-bond donors (Lipinski definition) is 2. The van der Waals surface area contributed by atoms with Crippen molar-refractivity contribution < 1.29 is 9.47 Å². The molecule has 1 aliphatic carbocycles. The van der Waals surface area contributed by atoms with Gasteiger partial charge in [0, 0.05) is 5.41 Å². The number of fused-ring (bicyclic) bond motifs is 3. The van der Waals surface area contributed by atoms with Crippen LogP contribution in [-0.4, -0.2) is 45.6 Å². The zero-order valence-corrected chi connectivity index (χ0v) is 15.5. The summed E-state index contributed by atoms with van der Waals surface area (Å²) in [4.78, 5) is 8.76. The molecule has 9 heteroatoms. The summed E-state index contributed by atoms with van der Waals surface area (Å²) >= 11 is 6.18. The highest BCUT2D eigenvalue weighted by atomic mass is 35.5. The smallest absolute Gasteiger partial charge is 0.257 e. The summed E-state index contributed by atoms with van der Waals surface area (Å²) in [5.74, 6) is 1.65. The van der Waals surface area contributed by atoms with Gasteiger partial charge in [0.25, 0.3) is 5.88 Å². The molecule has 0 unspecified atom stereocenters. The van der Waals surface area contributed by atoms with Crippen molar-refractivity contribution in [1.82, 2.24) is 19.7 Å². The molecule has 2 aromatic heterocycles. The lowest BCUT2D eigenvalue weighted by Crippen LogP contribution is -2.52. The standard InChI is InChI=1S/C17H21ClN6O2/c1-9-6-26-15-13(21-16-19-5-12(18)14(20-9)22-16)10(2)24(23-15)11-3-17(4-11)7-25-8-17/h5,9,11H,3-4,6-8H2,1-2H3,(H2,19,20,21,22)/t9-/m1/s1. The Morgan fingerprint density at radius 1 is 1.35 bits per heavy atom. The molecule has 138 valence electrons. The minimum atomic E-state index is 0.0331. The molecule has 2 aliphatic heterocycles.